The maximum absolute atomic E-state index is 12.7. The zero-order chi connectivity index (χ0) is 14.0. The predicted octanol–water partition coefficient (Wildman–Crippen LogP) is 1.51. The standard InChI is InChI=1S/C14H28N2O2/c1-13(2,14(3,4)15)12(18)16-9-5-7-11(16)8-6-10-17/h11,17H,5-10,15H2,1-4H3. The van der Waals surface area contributed by atoms with Crippen LogP contribution in [0.2, 0.25) is 0 Å². The third-order valence-corrected chi connectivity index (χ3v) is 4.48. The van der Waals surface area contributed by atoms with Crippen molar-refractivity contribution in [2.45, 2.75) is 65.0 Å². The number of hydrogen-bond acceptors (Lipinski definition) is 3. The lowest BCUT2D eigenvalue weighted by Crippen LogP contribution is -2.57. The summed E-state index contributed by atoms with van der Waals surface area (Å²) in [6, 6.07) is 0.284. The van der Waals surface area contributed by atoms with Crippen LogP contribution in [0.25, 0.3) is 0 Å². The fraction of sp³-hybridized carbons (Fsp3) is 0.929. The van der Waals surface area contributed by atoms with Crippen LogP contribution in [0.4, 0.5) is 0 Å². The van der Waals surface area contributed by atoms with Crippen LogP contribution in [0.3, 0.4) is 0 Å². The van der Waals surface area contributed by atoms with E-state index < -0.39 is 11.0 Å². The van der Waals surface area contributed by atoms with Crippen LogP contribution in [-0.4, -0.2) is 40.6 Å². The van der Waals surface area contributed by atoms with Gasteiger partial charge in [-0.25, -0.2) is 0 Å². The second kappa shape index (κ2) is 5.57. The number of carbonyl (C=O) groups is 1. The number of hydrogen-bond donors (Lipinski definition) is 2. The van der Waals surface area contributed by atoms with E-state index in [0.717, 1.165) is 32.2 Å². The van der Waals surface area contributed by atoms with Gasteiger partial charge in [-0.1, -0.05) is 0 Å². The lowest BCUT2D eigenvalue weighted by molar-refractivity contribution is -0.144. The molecule has 0 aromatic rings. The highest BCUT2D eigenvalue weighted by atomic mass is 16.3. The van der Waals surface area contributed by atoms with Gasteiger partial charge in [-0.3, -0.25) is 4.79 Å². The maximum atomic E-state index is 12.7. The molecule has 1 fully saturated rings. The van der Waals surface area contributed by atoms with Crippen LogP contribution in [0.1, 0.15) is 53.4 Å². The normalized spacial score (nSPS) is 21.4. The van der Waals surface area contributed by atoms with Gasteiger partial charge in [0.15, 0.2) is 0 Å². The Bertz CT molecular complexity index is 295. The van der Waals surface area contributed by atoms with Crippen molar-refractivity contribution in [2.75, 3.05) is 13.2 Å². The highest BCUT2D eigenvalue weighted by Gasteiger charge is 2.45. The number of amides is 1. The molecule has 1 aliphatic rings. The SMILES string of the molecule is CC(C)(N)C(C)(C)C(=O)N1CCCC1CCCO. The Morgan fingerprint density at radius 3 is 2.50 bits per heavy atom. The van der Waals surface area contributed by atoms with Gasteiger partial charge in [-0.2, -0.15) is 0 Å². The quantitative estimate of drug-likeness (QED) is 0.783. The number of carbonyl (C=O) groups excluding carboxylic acids is 1. The molecule has 0 saturated carbocycles. The van der Waals surface area contributed by atoms with Gasteiger partial charge < -0.3 is 15.7 Å². The summed E-state index contributed by atoms with van der Waals surface area (Å²) in [7, 11) is 0. The first-order valence-corrected chi connectivity index (χ1v) is 6.92. The minimum atomic E-state index is -0.561. The van der Waals surface area contributed by atoms with Crippen molar-refractivity contribution >= 4 is 5.91 Å². The number of likely N-dealkylation sites (tertiary alicyclic amines) is 1. The fourth-order valence-electron chi connectivity index (χ4n) is 2.36. The second-order valence-corrected chi connectivity index (χ2v) is 6.51. The van der Waals surface area contributed by atoms with Crippen molar-refractivity contribution < 1.29 is 9.90 Å². The van der Waals surface area contributed by atoms with Gasteiger partial charge in [0.1, 0.15) is 0 Å². The molecule has 1 saturated heterocycles. The van der Waals surface area contributed by atoms with E-state index >= 15 is 0 Å². The largest absolute Gasteiger partial charge is 0.396 e. The Morgan fingerprint density at radius 1 is 1.39 bits per heavy atom. The summed E-state index contributed by atoms with van der Waals surface area (Å²) in [5.41, 5.74) is 5.05. The van der Waals surface area contributed by atoms with E-state index in [0.29, 0.717) is 0 Å². The maximum Gasteiger partial charge on any atom is 0.230 e. The summed E-state index contributed by atoms with van der Waals surface area (Å²) in [4.78, 5) is 14.6. The minimum Gasteiger partial charge on any atom is -0.396 e. The molecule has 1 unspecified atom stereocenters. The molecule has 0 aliphatic carbocycles. The summed E-state index contributed by atoms with van der Waals surface area (Å²) < 4.78 is 0. The number of nitrogens with two attached hydrogens (primary N) is 1. The Labute approximate surface area is 111 Å². The van der Waals surface area contributed by atoms with E-state index in [1.54, 1.807) is 0 Å². The molecule has 4 heteroatoms. The number of aliphatic hydroxyl groups is 1. The molecule has 1 heterocycles. The Morgan fingerprint density at radius 2 is 2.00 bits per heavy atom. The molecule has 18 heavy (non-hydrogen) atoms. The molecule has 0 radical (unpaired) electrons. The van der Waals surface area contributed by atoms with Gasteiger partial charge in [0, 0.05) is 24.7 Å². The second-order valence-electron chi connectivity index (χ2n) is 6.51. The zero-order valence-electron chi connectivity index (χ0n) is 12.2. The van der Waals surface area contributed by atoms with E-state index in [2.05, 4.69) is 0 Å². The number of nitrogens with zero attached hydrogens (tertiary/aromatic N) is 1. The average molecular weight is 256 g/mol. The molecule has 1 atom stereocenters. The van der Waals surface area contributed by atoms with E-state index in [4.69, 9.17) is 10.8 Å². The van der Waals surface area contributed by atoms with Crippen LogP contribution in [0.5, 0.6) is 0 Å². The van der Waals surface area contributed by atoms with Gasteiger partial charge in [-0.15, -0.1) is 0 Å². The first kappa shape index (κ1) is 15.4. The van der Waals surface area contributed by atoms with Crippen molar-refractivity contribution in [2.24, 2.45) is 11.1 Å². The predicted molar refractivity (Wildman–Crippen MR) is 73.1 cm³/mol. The van der Waals surface area contributed by atoms with Crippen molar-refractivity contribution in [3.8, 4) is 0 Å². The summed E-state index contributed by atoms with van der Waals surface area (Å²) in [5.74, 6) is 0.149. The molecule has 1 aliphatic heterocycles. The third-order valence-electron chi connectivity index (χ3n) is 4.48. The molecule has 1 rings (SSSR count). The summed E-state index contributed by atoms with van der Waals surface area (Å²) in [5, 5.41) is 8.92. The first-order chi connectivity index (χ1) is 8.21. The lowest BCUT2D eigenvalue weighted by Gasteiger charge is -2.41. The molecule has 0 spiro atoms. The van der Waals surface area contributed by atoms with Crippen molar-refractivity contribution in [3.63, 3.8) is 0 Å². The third kappa shape index (κ3) is 3.04. The zero-order valence-corrected chi connectivity index (χ0v) is 12.2. The highest BCUT2D eigenvalue weighted by Crippen LogP contribution is 2.34. The molecular formula is C14H28N2O2. The molecule has 0 aromatic heterocycles. The summed E-state index contributed by atoms with van der Waals surface area (Å²) in [6.07, 6.45) is 3.76. The molecule has 4 nitrogen and oxygen atoms in total. The topological polar surface area (TPSA) is 66.6 Å². The summed E-state index contributed by atoms with van der Waals surface area (Å²) in [6.45, 7) is 8.69. The highest BCUT2D eigenvalue weighted by molar-refractivity contribution is 5.84. The van der Waals surface area contributed by atoms with Gasteiger partial charge >= 0.3 is 0 Å². The van der Waals surface area contributed by atoms with Crippen LogP contribution < -0.4 is 5.73 Å². The van der Waals surface area contributed by atoms with Crippen molar-refractivity contribution in [3.05, 3.63) is 0 Å². The monoisotopic (exact) mass is 256 g/mol. The van der Waals surface area contributed by atoms with Crippen LogP contribution in [0, 0.1) is 5.41 Å². The van der Waals surface area contributed by atoms with Crippen LogP contribution in [-0.2, 0) is 4.79 Å². The van der Waals surface area contributed by atoms with Crippen LogP contribution >= 0.6 is 0 Å². The Hall–Kier alpha value is -0.610. The number of aliphatic hydroxyl groups excluding tert-OH is 1. The van der Waals surface area contributed by atoms with Gasteiger partial charge in [0.2, 0.25) is 5.91 Å². The Balaban J connectivity index is 2.76. The van der Waals surface area contributed by atoms with E-state index in [1.807, 2.05) is 32.6 Å². The lowest BCUT2D eigenvalue weighted by atomic mass is 9.74. The van der Waals surface area contributed by atoms with Gasteiger partial charge in [0.05, 0.1) is 5.41 Å². The van der Waals surface area contributed by atoms with E-state index in [-0.39, 0.29) is 18.6 Å². The minimum absolute atomic E-state index is 0.149. The average Bonchev–Trinajstić information content (AvgIpc) is 2.71. The smallest absolute Gasteiger partial charge is 0.230 e. The van der Waals surface area contributed by atoms with Crippen molar-refractivity contribution in [1.82, 2.24) is 4.90 Å². The Kier molecular flexibility index (Phi) is 4.78. The molecule has 0 aromatic carbocycles. The molecule has 106 valence electrons. The fourth-order valence-corrected chi connectivity index (χ4v) is 2.36. The summed E-state index contributed by atoms with van der Waals surface area (Å²) >= 11 is 0. The van der Waals surface area contributed by atoms with Gasteiger partial charge in [-0.05, 0) is 53.4 Å². The first-order valence-electron chi connectivity index (χ1n) is 6.92. The van der Waals surface area contributed by atoms with Crippen LogP contribution in [0.15, 0.2) is 0 Å². The van der Waals surface area contributed by atoms with Crippen molar-refractivity contribution in [1.29, 1.82) is 0 Å². The molecule has 1 amide bonds. The van der Waals surface area contributed by atoms with Gasteiger partial charge in [0.25, 0.3) is 0 Å². The molecule has 0 bridgehead atoms. The molecule has 3 N–H and O–H groups in total. The molecular weight excluding hydrogens is 228 g/mol. The van der Waals surface area contributed by atoms with E-state index in [1.165, 1.54) is 0 Å². The van der Waals surface area contributed by atoms with E-state index in [9.17, 15) is 4.79 Å². The number of rotatable bonds is 5.